The smallest absolute Gasteiger partial charge is 0.324 e. The fourth-order valence-electron chi connectivity index (χ4n) is 1.00. The summed E-state index contributed by atoms with van der Waals surface area (Å²) < 4.78 is 0. The molecular formula is C8H12N4O2. The molecular weight excluding hydrogens is 184 g/mol. The van der Waals surface area contributed by atoms with E-state index in [1.54, 1.807) is 20.3 Å². The molecule has 1 rings (SSSR count). The van der Waals surface area contributed by atoms with Gasteiger partial charge in [0.05, 0.1) is 18.4 Å². The average Bonchev–Trinajstić information content (AvgIpc) is 2.65. The number of nitrogens with zero attached hydrogens (tertiary/aromatic N) is 3. The van der Waals surface area contributed by atoms with E-state index < -0.39 is 0 Å². The Morgan fingerprint density at radius 2 is 2.36 bits per heavy atom. The molecule has 0 radical (unpaired) electrons. The maximum Gasteiger partial charge on any atom is 0.324 e. The summed E-state index contributed by atoms with van der Waals surface area (Å²) >= 11 is 0. The van der Waals surface area contributed by atoms with Crippen molar-refractivity contribution in [1.82, 2.24) is 15.1 Å². The van der Waals surface area contributed by atoms with Crippen molar-refractivity contribution < 1.29 is 9.59 Å². The molecule has 1 aromatic rings. The lowest BCUT2D eigenvalue weighted by Gasteiger charge is -2.22. The Kier molecular flexibility index (Phi) is 3.22. The number of H-pyrrole nitrogens is 1. The molecule has 0 saturated carbocycles. The van der Waals surface area contributed by atoms with Gasteiger partial charge in [-0.05, 0) is 0 Å². The predicted octanol–water partition coefficient (Wildman–Crippen LogP) is 0.0966. The van der Waals surface area contributed by atoms with Crippen LogP contribution < -0.4 is 4.90 Å². The van der Waals surface area contributed by atoms with E-state index in [1.165, 1.54) is 16.0 Å². The number of amides is 2. The molecule has 76 valence electrons. The number of aromatic amines is 1. The molecule has 0 aromatic carbocycles. The number of anilines is 1. The van der Waals surface area contributed by atoms with Gasteiger partial charge in [-0.25, -0.2) is 4.79 Å². The van der Waals surface area contributed by atoms with Crippen molar-refractivity contribution in [1.29, 1.82) is 0 Å². The maximum atomic E-state index is 11.6. The second-order valence-electron chi connectivity index (χ2n) is 2.91. The second-order valence-corrected chi connectivity index (χ2v) is 2.91. The Morgan fingerprint density at radius 1 is 1.64 bits per heavy atom. The molecule has 0 aliphatic carbocycles. The van der Waals surface area contributed by atoms with Crippen LogP contribution in [0.2, 0.25) is 0 Å². The second kappa shape index (κ2) is 4.40. The Labute approximate surface area is 81.5 Å². The van der Waals surface area contributed by atoms with Gasteiger partial charge in [0.1, 0.15) is 6.29 Å². The summed E-state index contributed by atoms with van der Waals surface area (Å²) in [6, 6.07) is -0.251. The highest BCUT2D eigenvalue weighted by Gasteiger charge is 2.17. The minimum absolute atomic E-state index is 0.0244. The van der Waals surface area contributed by atoms with Crippen molar-refractivity contribution in [2.75, 3.05) is 25.5 Å². The molecule has 0 bridgehead atoms. The Balaban J connectivity index is 2.84. The standard InChI is InChI=1S/C8H12N4O2/c1-11(2)8(14)12(3-4-13)7-5-9-10-6-7/h4-6H,3H2,1-2H3,(H,9,10). The minimum atomic E-state index is -0.251. The molecule has 0 atom stereocenters. The monoisotopic (exact) mass is 196 g/mol. The van der Waals surface area contributed by atoms with Gasteiger partial charge in [-0.15, -0.1) is 0 Å². The van der Waals surface area contributed by atoms with Crippen molar-refractivity contribution in [3.8, 4) is 0 Å². The number of hydrogen-bond donors (Lipinski definition) is 1. The fourth-order valence-corrected chi connectivity index (χ4v) is 1.00. The molecule has 1 heterocycles. The molecule has 0 aliphatic heterocycles. The minimum Gasteiger partial charge on any atom is -0.330 e. The number of urea groups is 1. The van der Waals surface area contributed by atoms with E-state index in [0.717, 1.165) is 0 Å². The highest BCUT2D eigenvalue weighted by atomic mass is 16.2. The molecule has 14 heavy (non-hydrogen) atoms. The Hall–Kier alpha value is -1.85. The summed E-state index contributed by atoms with van der Waals surface area (Å²) in [5, 5.41) is 6.30. The van der Waals surface area contributed by atoms with Gasteiger partial charge >= 0.3 is 6.03 Å². The molecule has 1 N–H and O–H groups in total. The first kappa shape index (κ1) is 10.2. The lowest BCUT2D eigenvalue weighted by atomic mass is 10.4. The lowest BCUT2D eigenvalue weighted by Crippen LogP contribution is -2.40. The van der Waals surface area contributed by atoms with Gasteiger partial charge in [0.25, 0.3) is 0 Å². The van der Waals surface area contributed by atoms with Crippen molar-refractivity contribution in [3.05, 3.63) is 12.4 Å². The van der Waals surface area contributed by atoms with Crippen LogP contribution >= 0.6 is 0 Å². The number of rotatable bonds is 3. The summed E-state index contributed by atoms with van der Waals surface area (Å²) in [6.07, 6.45) is 3.73. The zero-order valence-corrected chi connectivity index (χ0v) is 8.10. The first-order valence-corrected chi connectivity index (χ1v) is 4.08. The zero-order valence-electron chi connectivity index (χ0n) is 8.10. The van der Waals surface area contributed by atoms with Gasteiger partial charge in [-0.2, -0.15) is 5.10 Å². The summed E-state index contributed by atoms with van der Waals surface area (Å²) in [7, 11) is 3.25. The number of hydrogen-bond acceptors (Lipinski definition) is 3. The molecule has 0 fully saturated rings. The zero-order chi connectivity index (χ0) is 10.6. The number of carbonyl (C=O) groups excluding carboxylic acids is 2. The summed E-state index contributed by atoms with van der Waals surface area (Å²) in [6.45, 7) is 0.0244. The molecule has 0 spiro atoms. The third-order valence-electron chi connectivity index (χ3n) is 1.67. The van der Waals surface area contributed by atoms with E-state index in [2.05, 4.69) is 10.2 Å². The number of nitrogens with one attached hydrogen (secondary N) is 1. The Morgan fingerprint density at radius 3 is 2.79 bits per heavy atom. The summed E-state index contributed by atoms with van der Waals surface area (Å²) in [4.78, 5) is 24.7. The van der Waals surface area contributed by atoms with Crippen LogP contribution in [0, 0.1) is 0 Å². The van der Waals surface area contributed by atoms with Crippen LogP contribution in [0.1, 0.15) is 0 Å². The highest BCUT2D eigenvalue weighted by Crippen LogP contribution is 2.11. The van der Waals surface area contributed by atoms with Gasteiger partial charge < -0.3 is 9.69 Å². The van der Waals surface area contributed by atoms with Crippen LogP contribution in [0.15, 0.2) is 12.4 Å². The van der Waals surface area contributed by atoms with E-state index >= 15 is 0 Å². The van der Waals surface area contributed by atoms with E-state index in [-0.39, 0.29) is 12.6 Å². The van der Waals surface area contributed by atoms with Crippen LogP contribution in [0.4, 0.5) is 10.5 Å². The van der Waals surface area contributed by atoms with Crippen LogP contribution in [0.25, 0.3) is 0 Å². The highest BCUT2D eigenvalue weighted by molar-refractivity contribution is 5.93. The first-order chi connectivity index (χ1) is 6.66. The molecule has 0 saturated heterocycles. The van der Waals surface area contributed by atoms with E-state index in [9.17, 15) is 9.59 Å². The van der Waals surface area contributed by atoms with Crippen LogP contribution in [0.5, 0.6) is 0 Å². The van der Waals surface area contributed by atoms with Crippen molar-refractivity contribution in [3.63, 3.8) is 0 Å². The molecule has 0 aliphatic rings. The van der Waals surface area contributed by atoms with Gasteiger partial charge in [-0.1, -0.05) is 0 Å². The van der Waals surface area contributed by atoms with Crippen molar-refractivity contribution >= 4 is 18.0 Å². The molecule has 1 aromatic heterocycles. The summed E-state index contributed by atoms with van der Waals surface area (Å²) in [5.74, 6) is 0. The van der Waals surface area contributed by atoms with Crippen molar-refractivity contribution in [2.45, 2.75) is 0 Å². The molecule has 0 unspecified atom stereocenters. The van der Waals surface area contributed by atoms with Gasteiger partial charge in [0, 0.05) is 20.3 Å². The maximum absolute atomic E-state index is 11.6. The van der Waals surface area contributed by atoms with E-state index in [1.807, 2.05) is 0 Å². The topological polar surface area (TPSA) is 69.3 Å². The number of carbonyl (C=O) groups is 2. The van der Waals surface area contributed by atoms with Crippen LogP contribution in [-0.4, -0.2) is 48.1 Å². The van der Waals surface area contributed by atoms with Gasteiger partial charge in [0.2, 0.25) is 0 Å². The third-order valence-corrected chi connectivity index (χ3v) is 1.67. The Bertz CT molecular complexity index is 307. The quantitative estimate of drug-likeness (QED) is 0.697. The first-order valence-electron chi connectivity index (χ1n) is 4.08. The lowest BCUT2D eigenvalue weighted by molar-refractivity contribution is -0.106. The fraction of sp³-hybridized carbons (Fsp3) is 0.375. The van der Waals surface area contributed by atoms with Gasteiger partial charge in [-0.3, -0.25) is 10.00 Å². The van der Waals surface area contributed by atoms with Crippen LogP contribution in [-0.2, 0) is 4.79 Å². The van der Waals surface area contributed by atoms with Gasteiger partial charge in [0.15, 0.2) is 0 Å². The molecule has 6 heteroatoms. The van der Waals surface area contributed by atoms with Crippen LogP contribution in [0.3, 0.4) is 0 Å². The normalized spacial score (nSPS) is 9.57. The van der Waals surface area contributed by atoms with E-state index in [4.69, 9.17) is 0 Å². The average molecular weight is 196 g/mol. The number of aldehydes is 1. The summed E-state index contributed by atoms with van der Waals surface area (Å²) in [5.41, 5.74) is 0.579. The largest absolute Gasteiger partial charge is 0.330 e. The number of aromatic nitrogens is 2. The third kappa shape index (κ3) is 2.09. The molecule has 2 amide bonds. The predicted molar refractivity (Wildman–Crippen MR) is 51.1 cm³/mol. The van der Waals surface area contributed by atoms with E-state index in [0.29, 0.717) is 12.0 Å². The molecule has 6 nitrogen and oxygen atoms in total. The SMILES string of the molecule is CN(C)C(=O)N(CC=O)c1cn[nH]c1. The van der Waals surface area contributed by atoms with Crippen molar-refractivity contribution in [2.24, 2.45) is 0 Å².